The topological polar surface area (TPSA) is 12.0 Å². The molecule has 0 aliphatic heterocycles. The van der Waals surface area contributed by atoms with Crippen LogP contribution in [0.3, 0.4) is 0 Å². The predicted octanol–water partition coefficient (Wildman–Crippen LogP) is 5.02. The zero-order valence-corrected chi connectivity index (χ0v) is 13.1. The van der Waals surface area contributed by atoms with Gasteiger partial charge >= 0.3 is 0 Å². The second-order valence-electron chi connectivity index (χ2n) is 4.13. The van der Waals surface area contributed by atoms with Crippen LogP contribution in [0.15, 0.2) is 47.4 Å². The molecule has 0 aliphatic carbocycles. The molecule has 1 atom stereocenters. The lowest BCUT2D eigenvalue weighted by Gasteiger charge is -2.21. The van der Waals surface area contributed by atoms with E-state index in [1.165, 1.54) is 10.5 Å². The van der Waals surface area contributed by atoms with Crippen molar-refractivity contribution in [3.8, 4) is 0 Å². The van der Waals surface area contributed by atoms with Gasteiger partial charge in [0.25, 0.3) is 0 Å². The Morgan fingerprint density at radius 3 is 2.42 bits per heavy atom. The Labute approximate surface area is 128 Å². The SMILES string of the molecule is CNC(c1ccc(Cl)cc1Cl)c1ccccc1SC. The minimum atomic E-state index is 0.0633. The van der Waals surface area contributed by atoms with E-state index in [0.717, 1.165) is 5.56 Å². The van der Waals surface area contributed by atoms with Crippen molar-refractivity contribution in [2.45, 2.75) is 10.9 Å². The van der Waals surface area contributed by atoms with Crippen molar-refractivity contribution in [3.63, 3.8) is 0 Å². The Morgan fingerprint density at radius 2 is 1.79 bits per heavy atom. The molecular formula is C15H15Cl2NS. The van der Waals surface area contributed by atoms with E-state index in [9.17, 15) is 0 Å². The zero-order chi connectivity index (χ0) is 13.8. The van der Waals surface area contributed by atoms with Crippen molar-refractivity contribution < 1.29 is 0 Å². The first-order chi connectivity index (χ1) is 9.17. The van der Waals surface area contributed by atoms with Crippen molar-refractivity contribution in [1.29, 1.82) is 0 Å². The summed E-state index contributed by atoms with van der Waals surface area (Å²) >= 11 is 14.0. The van der Waals surface area contributed by atoms with Crippen LogP contribution in [0.5, 0.6) is 0 Å². The summed E-state index contributed by atoms with van der Waals surface area (Å²) in [7, 11) is 1.94. The fraction of sp³-hybridized carbons (Fsp3) is 0.200. The first-order valence-corrected chi connectivity index (χ1v) is 7.90. The monoisotopic (exact) mass is 311 g/mol. The number of rotatable bonds is 4. The maximum atomic E-state index is 6.32. The van der Waals surface area contributed by atoms with E-state index in [1.54, 1.807) is 17.8 Å². The number of thioether (sulfide) groups is 1. The largest absolute Gasteiger partial charge is 0.309 e. The highest BCUT2D eigenvalue weighted by molar-refractivity contribution is 7.98. The Balaban J connectivity index is 2.50. The molecule has 0 radical (unpaired) electrons. The molecule has 1 N–H and O–H groups in total. The minimum Gasteiger partial charge on any atom is -0.309 e. The molecule has 1 unspecified atom stereocenters. The van der Waals surface area contributed by atoms with Gasteiger partial charge in [-0.3, -0.25) is 0 Å². The summed E-state index contributed by atoms with van der Waals surface area (Å²) in [4.78, 5) is 1.24. The lowest BCUT2D eigenvalue weighted by molar-refractivity contribution is 0.680. The van der Waals surface area contributed by atoms with E-state index in [2.05, 4.69) is 23.7 Å². The van der Waals surface area contributed by atoms with E-state index in [-0.39, 0.29) is 6.04 Å². The molecule has 1 nitrogen and oxygen atoms in total. The van der Waals surface area contributed by atoms with Crippen molar-refractivity contribution in [1.82, 2.24) is 5.32 Å². The molecule has 2 rings (SSSR count). The average Bonchev–Trinajstić information content (AvgIpc) is 2.42. The molecular weight excluding hydrogens is 297 g/mol. The molecule has 0 aliphatic rings. The molecule has 0 saturated carbocycles. The molecule has 100 valence electrons. The van der Waals surface area contributed by atoms with Crippen LogP contribution in [0.2, 0.25) is 10.0 Å². The van der Waals surface area contributed by atoms with E-state index in [4.69, 9.17) is 23.2 Å². The summed E-state index contributed by atoms with van der Waals surface area (Å²) in [6.07, 6.45) is 2.08. The summed E-state index contributed by atoms with van der Waals surface area (Å²) in [5.74, 6) is 0. The van der Waals surface area contributed by atoms with Crippen LogP contribution >= 0.6 is 35.0 Å². The minimum absolute atomic E-state index is 0.0633. The van der Waals surface area contributed by atoms with E-state index in [1.807, 2.05) is 31.3 Å². The summed E-state index contributed by atoms with van der Waals surface area (Å²) in [6, 6.07) is 14.0. The molecule has 0 bridgehead atoms. The van der Waals surface area contributed by atoms with Gasteiger partial charge in [0.05, 0.1) is 6.04 Å². The predicted molar refractivity (Wildman–Crippen MR) is 85.6 cm³/mol. The Bertz CT molecular complexity index is 572. The van der Waals surface area contributed by atoms with Crippen molar-refractivity contribution >= 4 is 35.0 Å². The second-order valence-corrected chi connectivity index (χ2v) is 5.82. The molecule has 0 amide bonds. The molecule has 0 saturated heterocycles. The van der Waals surface area contributed by atoms with Gasteiger partial charge in [-0.2, -0.15) is 0 Å². The van der Waals surface area contributed by atoms with Gasteiger partial charge in [0.15, 0.2) is 0 Å². The Hall–Kier alpha value is -0.670. The maximum Gasteiger partial charge on any atom is 0.0600 e. The van der Waals surface area contributed by atoms with Crippen molar-refractivity contribution in [3.05, 3.63) is 63.6 Å². The maximum absolute atomic E-state index is 6.32. The van der Waals surface area contributed by atoms with E-state index in [0.29, 0.717) is 10.0 Å². The quantitative estimate of drug-likeness (QED) is 0.795. The molecule has 4 heteroatoms. The Morgan fingerprint density at radius 1 is 1.05 bits per heavy atom. The van der Waals surface area contributed by atoms with Crippen LogP contribution in [-0.4, -0.2) is 13.3 Å². The molecule has 0 spiro atoms. The summed E-state index contributed by atoms with van der Waals surface area (Å²) < 4.78 is 0. The van der Waals surface area contributed by atoms with Crippen LogP contribution in [-0.2, 0) is 0 Å². The van der Waals surface area contributed by atoms with Gasteiger partial charge in [0.2, 0.25) is 0 Å². The standard InChI is InChI=1S/C15H15Cl2NS/c1-18-15(11-8-7-10(16)9-13(11)17)12-5-3-4-6-14(12)19-2/h3-9,15,18H,1-2H3. The van der Waals surface area contributed by atoms with Crippen LogP contribution in [0.1, 0.15) is 17.2 Å². The van der Waals surface area contributed by atoms with Crippen molar-refractivity contribution in [2.75, 3.05) is 13.3 Å². The third kappa shape index (κ3) is 3.26. The molecule has 0 aromatic heterocycles. The van der Waals surface area contributed by atoms with Gasteiger partial charge in [-0.25, -0.2) is 0 Å². The van der Waals surface area contributed by atoms with Crippen LogP contribution in [0.25, 0.3) is 0 Å². The smallest absolute Gasteiger partial charge is 0.0600 e. The van der Waals surface area contributed by atoms with E-state index < -0.39 is 0 Å². The fourth-order valence-corrected chi connectivity index (χ4v) is 3.27. The van der Waals surface area contributed by atoms with Gasteiger partial charge in [-0.1, -0.05) is 47.5 Å². The average molecular weight is 312 g/mol. The highest BCUT2D eigenvalue weighted by Crippen LogP contribution is 2.34. The molecule has 2 aromatic rings. The molecule has 0 fully saturated rings. The second kappa shape index (κ2) is 6.67. The number of hydrogen-bond donors (Lipinski definition) is 1. The van der Waals surface area contributed by atoms with Crippen LogP contribution in [0, 0.1) is 0 Å². The number of benzene rings is 2. The fourth-order valence-electron chi connectivity index (χ4n) is 2.12. The van der Waals surface area contributed by atoms with Gasteiger partial charge in [-0.15, -0.1) is 11.8 Å². The molecule has 2 aromatic carbocycles. The van der Waals surface area contributed by atoms with Gasteiger partial charge in [0, 0.05) is 14.9 Å². The molecule has 0 heterocycles. The Kier molecular flexibility index (Phi) is 5.17. The highest BCUT2D eigenvalue weighted by atomic mass is 35.5. The number of hydrogen-bond acceptors (Lipinski definition) is 2. The summed E-state index contributed by atoms with van der Waals surface area (Å²) in [5, 5.41) is 4.67. The zero-order valence-electron chi connectivity index (χ0n) is 10.8. The number of nitrogens with one attached hydrogen (secondary N) is 1. The third-order valence-electron chi connectivity index (χ3n) is 3.01. The van der Waals surface area contributed by atoms with Crippen molar-refractivity contribution in [2.24, 2.45) is 0 Å². The summed E-state index contributed by atoms with van der Waals surface area (Å²) in [6.45, 7) is 0. The lowest BCUT2D eigenvalue weighted by Crippen LogP contribution is -2.18. The first-order valence-electron chi connectivity index (χ1n) is 5.92. The van der Waals surface area contributed by atoms with Gasteiger partial charge < -0.3 is 5.32 Å². The normalized spacial score (nSPS) is 12.4. The third-order valence-corrected chi connectivity index (χ3v) is 4.39. The summed E-state index contributed by atoms with van der Waals surface area (Å²) in [5.41, 5.74) is 2.26. The van der Waals surface area contributed by atoms with Crippen LogP contribution < -0.4 is 5.32 Å². The molecule has 19 heavy (non-hydrogen) atoms. The van der Waals surface area contributed by atoms with Crippen LogP contribution in [0.4, 0.5) is 0 Å². The van der Waals surface area contributed by atoms with Gasteiger partial charge in [-0.05, 0) is 42.6 Å². The lowest BCUT2D eigenvalue weighted by atomic mass is 9.99. The first kappa shape index (κ1) is 14.7. The number of halogens is 2. The van der Waals surface area contributed by atoms with Gasteiger partial charge in [0.1, 0.15) is 0 Å². The van der Waals surface area contributed by atoms with E-state index >= 15 is 0 Å². The highest BCUT2D eigenvalue weighted by Gasteiger charge is 2.17.